The van der Waals surface area contributed by atoms with E-state index >= 15 is 0 Å². The molecular weight excluding hydrogens is 230 g/mol. The molecule has 2 aromatic rings. The summed E-state index contributed by atoms with van der Waals surface area (Å²) in [5.74, 6) is 0.850. The molecule has 2 nitrogen and oxygen atoms in total. The molecule has 0 bridgehead atoms. The summed E-state index contributed by atoms with van der Waals surface area (Å²) < 4.78 is 5.22. The van der Waals surface area contributed by atoms with Crippen LogP contribution in [0.5, 0.6) is 5.75 Å². The average Bonchev–Trinajstić information content (AvgIpc) is 2.69. The number of rotatable bonds is 3. The van der Waals surface area contributed by atoms with Crippen molar-refractivity contribution in [3.63, 3.8) is 0 Å². The molecule has 0 saturated heterocycles. The average molecular weight is 247 g/mol. The molecule has 0 radical (unpaired) electrons. The number of nitrogens with two attached hydrogens (primary N) is 1. The third-order valence-corrected chi connectivity index (χ3v) is 4.18. The Balaban J connectivity index is 2.32. The first-order valence-corrected chi connectivity index (χ1v) is 6.40. The van der Waals surface area contributed by atoms with Gasteiger partial charge >= 0.3 is 0 Å². The normalized spacial score (nSPS) is 12.5. The summed E-state index contributed by atoms with van der Waals surface area (Å²) in [5.41, 5.74) is 8.67. The van der Waals surface area contributed by atoms with Crippen LogP contribution in [-0.4, -0.2) is 7.11 Å². The maximum absolute atomic E-state index is 6.28. The fraction of sp³-hybridized carbons (Fsp3) is 0.286. The van der Waals surface area contributed by atoms with Gasteiger partial charge in [-0.1, -0.05) is 12.1 Å². The Bertz CT molecular complexity index is 499. The lowest BCUT2D eigenvalue weighted by molar-refractivity contribution is 0.414. The largest absolute Gasteiger partial charge is 0.497 e. The highest BCUT2D eigenvalue weighted by Gasteiger charge is 2.13. The third-order valence-electron chi connectivity index (χ3n) is 2.94. The van der Waals surface area contributed by atoms with E-state index in [2.05, 4.69) is 19.9 Å². The van der Waals surface area contributed by atoms with E-state index in [1.165, 1.54) is 15.3 Å². The van der Waals surface area contributed by atoms with Gasteiger partial charge in [-0.25, -0.2) is 0 Å². The quantitative estimate of drug-likeness (QED) is 0.902. The number of hydrogen-bond donors (Lipinski definition) is 1. The molecule has 90 valence electrons. The standard InChI is InChI=1S/C14H17NOS/c1-9-7-13(17-10(9)2)14(15)11-5-4-6-12(8-11)16-3/h4-8,14H,15H2,1-3H3. The Hall–Kier alpha value is -1.32. The SMILES string of the molecule is COc1cccc(C(N)c2cc(C)c(C)s2)c1. The van der Waals surface area contributed by atoms with Gasteiger partial charge in [-0.2, -0.15) is 0 Å². The zero-order valence-electron chi connectivity index (χ0n) is 10.4. The molecule has 2 rings (SSSR count). The first-order chi connectivity index (χ1) is 8.11. The van der Waals surface area contributed by atoms with Gasteiger partial charge in [-0.3, -0.25) is 0 Å². The van der Waals surface area contributed by atoms with Crippen molar-refractivity contribution in [2.24, 2.45) is 5.73 Å². The Labute approximate surface area is 106 Å². The second-order valence-electron chi connectivity index (χ2n) is 4.14. The van der Waals surface area contributed by atoms with Crippen LogP contribution in [-0.2, 0) is 0 Å². The lowest BCUT2D eigenvalue weighted by Gasteiger charge is -2.11. The van der Waals surface area contributed by atoms with Crippen LogP contribution in [0.1, 0.15) is 26.9 Å². The number of methoxy groups -OCH3 is 1. The lowest BCUT2D eigenvalue weighted by Crippen LogP contribution is -2.10. The first-order valence-electron chi connectivity index (χ1n) is 5.58. The Kier molecular flexibility index (Phi) is 3.50. The van der Waals surface area contributed by atoms with Crippen molar-refractivity contribution in [1.82, 2.24) is 0 Å². The van der Waals surface area contributed by atoms with E-state index in [0.29, 0.717) is 0 Å². The molecule has 1 aromatic carbocycles. The molecule has 0 saturated carbocycles. The highest BCUT2D eigenvalue weighted by molar-refractivity contribution is 7.12. The van der Waals surface area contributed by atoms with Gasteiger partial charge in [0.15, 0.2) is 0 Å². The van der Waals surface area contributed by atoms with Crippen LogP contribution < -0.4 is 10.5 Å². The number of benzene rings is 1. The highest BCUT2D eigenvalue weighted by atomic mass is 32.1. The molecular formula is C14H17NOS. The number of ether oxygens (including phenoxy) is 1. The zero-order valence-corrected chi connectivity index (χ0v) is 11.2. The fourth-order valence-corrected chi connectivity index (χ4v) is 2.83. The van der Waals surface area contributed by atoms with Crippen molar-refractivity contribution in [2.75, 3.05) is 7.11 Å². The van der Waals surface area contributed by atoms with Crippen LogP contribution in [0.2, 0.25) is 0 Å². The van der Waals surface area contributed by atoms with Gasteiger partial charge < -0.3 is 10.5 Å². The minimum absolute atomic E-state index is 0.0671. The Morgan fingerprint density at radius 2 is 2.00 bits per heavy atom. The van der Waals surface area contributed by atoms with Crippen molar-refractivity contribution in [1.29, 1.82) is 0 Å². The zero-order chi connectivity index (χ0) is 12.4. The predicted octanol–water partition coefficient (Wildman–Crippen LogP) is 3.42. The van der Waals surface area contributed by atoms with Crippen molar-refractivity contribution in [3.05, 3.63) is 51.2 Å². The van der Waals surface area contributed by atoms with E-state index in [4.69, 9.17) is 10.5 Å². The van der Waals surface area contributed by atoms with E-state index < -0.39 is 0 Å². The third kappa shape index (κ3) is 2.51. The van der Waals surface area contributed by atoms with E-state index in [-0.39, 0.29) is 6.04 Å². The van der Waals surface area contributed by atoms with Crippen molar-refractivity contribution >= 4 is 11.3 Å². The summed E-state index contributed by atoms with van der Waals surface area (Å²) in [7, 11) is 1.67. The van der Waals surface area contributed by atoms with Crippen LogP contribution in [0.15, 0.2) is 30.3 Å². The summed E-state index contributed by atoms with van der Waals surface area (Å²) in [6.07, 6.45) is 0. The van der Waals surface area contributed by atoms with Gasteiger partial charge in [0.1, 0.15) is 5.75 Å². The van der Waals surface area contributed by atoms with Gasteiger partial charge in [0, 0.05) is 9.75 Å². The van der Waals surface area contributed by atoms with Crippen LogP contribution in [0.4, 0.5) is 0 Å². The minimum Gasteiger partial charge on any atom is -0.497 e. The summed E-state index contributed by atoms with van der Waals surface area (Å²) in [5, 5.41) is 0. The molecule has 1 heterocycles. The van der Waals surface area contributed by atoms with E-state index in [0.717, 1.165) is 11.3 Å². The Morgan fingerprint density at radius 3 is 2.59 bits per heavy atom. The molecule has 0 fully saturated rings. The Morgan fingerprint density at radius 1 is 1.24 bits per heavy atom. The van der Waals surface area contributed by atoms with E-state index in [1.807, 2.05) is 24.3 Å². The molecule has 3 heteroatoms. The van der Waals surface area contributed by atoms with Crippen LogP contribution in [0.3, 0.4) is 0 Å². The minimum atomic E-state index is -0.0671. The second kappa shape index (κ2) is 4.90. The van der Waals surface area contributed by atoms with Gasteiger partial charge in [-0.05, 0) is 43.2 Å². The topological polar surface area (TPSA) is 35.2 Å². The van der Waals surface area contributed by atoms with Gasteiger partial charge in [0.25, 0.3) is 0 Å². The molecule has 17 heavy (non-hydrogen) atoms. The summed E-state index contributed by atoms with van der Waals surface area (Å²) in [6.45, 7) is 4.25. The maximum atomic E-state index is 6.28. The van der Waals surface area contributed by atoms with Crippen LogP contribution in [0, 0.1) is 13.8 Å². The summed E-state index contributed by atoms with van der Waals surface area (Å²) in [6, 6.07) is 10.0. The van der Waals surface area contributed by atoms with Crippen molar-refractivity contribution < 1.29 is 4.74 Å². The second-order valence-corrected chi connectivity index (χ2v) is 5.43. The maximum Gasteiger partial charge on any atom is 0.119 e. The number of thiophene rings is 1. The summed E-state index contributed by atoms with van der Waals surface area (Å²) in [4.78, 5) is 2.53. The smallest absolute Gasteiger partial charge is 0.119 e. The molecule has 1 unspecified atom stereocenters. The number of aryl methyl sites for hydroxylation is 2. The van der Waals surface area contributed by atoms with Crippen molar-refractivity contribution in [2.45, 2.75) is 19.9 Å². The van der Waals surface area contributed by atoms with Crippen LogP contribution in [0.25, 0.3) is 0 Å². The first kappa shape index (κ1) is 12.1. The van der Waals surface area contributed by atoms with Gasteiger partial charge in [0.2, 0.25) is 0 Å². The molecule has 0 amide bonds. The highest BCUT2D eigenvalue weighted by Crippen LogP contribution is 2.30. The number of hydrogen-bond acceptors (Lipinski definition) is 3. The predicted molar refractivity (Wildman–Crippen MR) is 72.8 cm³/mol. The lowest BCUT2D eigenvalue weighted by atomic mass is 10.1. The molecule has 0 aliphatic heterocycles. The van der Waals surface area contributed by atoms with Crippen molar-refractivity contribution in [3.8, 4) is 5.75 Å². The van der Waals surface area contributed by atoms with Crippen LogP contribution >= 0.6 is 11.3 Å². The van der Waals surface area contributed by atoms with E-state index in [9.17, 15) is 0 Å². The molecule has 1 aromatic heterocycles. The van der Waals surface area contributed by atoms with Gasteiger partial charge in [-0.15, -0.1) is 11.3 Å². The molecule has 0 spiro atoms. The summed E-state index contributed by atoms with van der Waals surface area (Å²) >= 11 is 1.76. The fourth-order valence-electron chi connectivity index (χ4n) is 1.75. The van der Waals surface area contributed by atoms with Gasteiger partial charge in [0.05, 0.1) is 13.2 Å². The molecule has 0 aliphatic rings. The molecule has 1 atom stereocenters. The molecule has 2 N–H and O–H groups in total. The molecule has 0 aliphatic carbocycles. The monoisotopic (exact) mass is 247 g/mol. The van der Waals surface area contributed by atoms with E-state index in [1.54, 1.807) is 18.4 Å².